The number of benzene rings is 1. The molecule has 3 aliphatic heterocycles. The Balaban J connectivity index is 1.21. The van der Waals surface area contributed by atoms with Gasteiger partial charge in [-0.25, -0.2) is 29.7 Å². The lowest BCUT2D eigenvalue weighted by molar-refractivity contribution is -0.140. The highest BCUT2D eigenvalue weighted by atomic mass is 19.4. The maximum atomic E-state index is 14.1. The Labute approximate surface area is 275 Å². The van der Waals surface area contributed by atoms with Gasteiger partial charge in [-0.3, -0.25) is 4.90 Å². The van der Waals surface area contributed by atoms with Crippen molar-refractivity contribution < 1.29 is 22.7 Å². The van der Waals surface area contributed by atoms with Crippen LogP contribution in [0.25, 0.3) is 22.8 Å². The van der Waals surface area contributed by atoms with E-state index in [0.29, 0.717) is 28.7 Å². The zero-order valence-electron chi connectivity index (χ0n) is 27.0. The molecule has 1 unspecified atom stereocenters. The van der Waals surface area contributed by atoms with Gasteiger partial charge in [-0.05, 0) is 64.1 Å². The van der Waals surface area contributed by atoms with Gasteiger partial charge in [-0.2, -0.15) is 18.2 Å². The summed E-state index contributed by atoms with van der Waals surface area (Å²) < 4.78 is 47.6. The lowest BCUT2D eigenvalue weighted by Crippen LogP contribution is -2.59. The number of alkyl halides is 3. The summed E-state index contributed by atoms with van der Waals surface area (Å²) in [5.41, 5.74) is 1.68. The number of imidazole rings is 1. The average Bonchev–Trinajstić information content (AvgIpc) is 3.83. The van der Waals surface area contributed by atoms with E-state index in [1.54, 1.807) is 38.1 Å². The molecule has 3 aromatic heterocycles. The number of fused-ring (bicyclic) bond motifs is 3. The molecule has 0 spiro atoms. The Morgan fingerprint density at radius 2 is 1.75 bits per heavy atom. The van der Waals surface area contributed by atoms with Crippen molar-refractivity contribution >= 4 is 12.0 Å². The van der Waals surface area contributed by atoms with Crippen LogP contribution in [-0.2, 0) is 12.7 Å². The van der Waals surface area contributed by atoms with E-state index < -0.39 is 11.9 Å². The van der Waals surface area contributed by atoms with Crippen LogP contribution in [0.15, 0.2) is 43.1 Å². The molecule has 1 saturated carbocycles. The van der Waals surface area contributed by atoms with Gasteiger partial charge in [-0.15, -0.1) is 0 Å². The van der Waals surface area contributed by atoms with E-state index in [9.17, 15) is 18.0 Å². The van der Waals surface area contributed by atoms with Crippen LogP contribution in [0.2, 0.25) is 0 Å². The molecule has 12 nitrogen and oxygen atoms in total. The summed E-state index contributed by atoms with van der Waals surface area (Å²) in [7, 11) is 1.53. The lowest BCUT2D eigenvalue weighted by Gasteiger charge is -2.45. The molecule has 3 saturated heterocycles. The summed E-state index contributed by atoms with van der Waals surface area (Å²) in [5, 5.41) is 3.24. The third-order valence-corrected chi connectivity index (χ3v) is 9.37. The number of rotatable bonds is 9. The van der Waals surface area contributed by atoms with Gasteiger partial charge in [-0.1, -0.05) is 24.3 Å². The number of urea groups is 1. The molecule has 2 amide bonds. The van der Waals surface area contributed by atoms with Crippen LogP contribution in [0.1, 0.15) is 68.4 Å². The second kappa shape index (κ2) is 12.7. The SMILES string of the molecule is COc1ncnc(C2CC2)c1-c1ncnc(N(Cc2ccc(-c3nc(C(F)(F)F)cn3C(C)C)cc2)C(=O)NC2CN3CCC2CC3)n1. The quantitative estimate of drug-likeness (QED) is 0.248. The van der Waals surface area contributed by atoms with E-state index in [1.165, 1.54) is 29.2 Å². The van der Waals surface area contributed by atoms with E-state index in [0.717, 1.165) is 62.8 Å². The number of hydrogen-bond acceptors (Lipinski definition) is 9. The van der Waals surface area contributed by atoms with Crippen molar-refractivity contribution in [1.29, 1.82) is 0 Å². The predicted molar refractivity (Wildman–Crippen MR) is 170 cm³/mol. The number of aromatic nitrogens is 7. The van der Waals surface area contributed by atoms with Crippen LogP contribution in [0, 0.1) is 5.92 Å². The zero-order chi connectivity index (χ0) is 33.6. The van der Waals surface area contributed by atoms with Gasteiger partial charge in [0.1, 0.15) is 24.0 Å². The number of carbonyl (C=O) groups excluding carboxylic acids is 1. The second-order valence-electron chi connectivity index (χ2n) is 13.0. The molecule has 252 valence electrons. The molecular weight excluding hydrogens is 625 g/mol. The molecule has 1 N–H and O–H groups in total. The summed E-state index contributed by atoms with van der Waals surface area (Å²) in [5.74, 6) is 1.65. The molecule has 1 aliphatic carbocycles. The van der Waals surface area contributed by atoms with Gasteiger partial charge in [0.05, 0.1) is 19.3 Å². The smallest absolute Gasteiger partial charge is 0.434 e. The van der Waals surface area contributed by atoms with Gasteiger partial charge in [0.15, 0.2) is 11.5 Å². The Morgan fingerprint density at radius 3 is 2.38 bits per heavy atom. The molecule has 8 rings (SSSR count). The number of ether oxygens (including phenoxy) is 1. The van der Waals surface area contributed by atoms with Crippen LogP contribution in [0.5, 0.6) is 5.88 Å². The molecule has 0 radical (unpaired) electrons. The summed E-state index contributed by atoms with van der Waals surface area (Å²) in [4.78, 5) is 44.2. The Hall–Kier alpha value is -4.66. The molecule has 2 bridgehead atoms. The summed E-state index contributed by atoms with van der Waals surface area (Å²) in [6.07, 6.45) is 3.35. The molecule has 4 aromatic rings. The van der Waals surface area contributed by atoms with Gasteiger partial charge >= 0.3 is 12.2 Å². The van der Waals surface area contributed by atoms with Crippen LogP contribution >= 0.6 is 0 Å². The summed E-state index contributed by atoms with van der Waals surface area (Å²) in [6.45, 7) is 6.56. The van der Waals surface area contributed by atoms with Crippen molar-refractivity contribution in [3.05, 3.63) is 60.1 Å². The number of piperidine rings is 3. The number of amides is 2. The standard InChI is InChI=1S/C33H37F3N10O2/c1-19(2)45-16-25(33(34,35)36)42-29(45)23-6-4-20(5-7-23)14-46(32(47)41-24-15-44-12-10-21(24)11-13-44)31-40-18-38-28(43-31)26-27(22-8-9-22)37-17-39-30(26)48-3/h4-7,16-19,21-22,24H,8-15H2,1-3H3,(H,41,47). The number of hydrogen-bond donors (Lipinski definition) is 1. The highest BCUT2D eigenvalue weighted by Gasteiger charge is 2.37. The number of nitrogens with zero attached hydrogens (tertiary/aromatic N) is 9. The fourth-order valence-electron chi connectivity index (χ4n) is 6.63. The fraction of sp³-hybridized carbons (Fsp3) is 0.485. The first-order valence-electron chi connectivity index (χ1n) is 16.2. The maximum absolute atomic E-state index is 14.1. The first-order chi connectivity index (χ1) is 23.1. The molecule has 1 atom stereocenters. The van der Waals surface area contributed by atoms with Crippen LogP contribution in [0.4, 0.5) is 23.9 Å². The van der Waals surface area contributed by atoms with Gasteiger partial charge < -0.3 is 19.5 Å². The first-order valence-corrected chi connectivity index (χ1v) is 16.2. The Morgan fingerprint density at radius 1 is 1.02 bits per heavy atom. The second-order valence-corrected chi connectivity index (χ2v) is 13.0. The number of carbonyl (C=O) groups is 1. The lowest BCUT2D eigenvalue weighted by atomic mass is 9.84. The molecule has 1 aromatic carbocycles. The average molecular weight is 663 g/mol. The zero-order valence-corrected chi connectivity index (χ0v) is 27.0. The van der Waals surface area contributed by atoms with E-state index in [2.05, 4.69) is 35.1 Å². The van der Waals surface area contributed by atoms with E-state index >= 15 is 0 Å². The van der Waals surface area contributed by atoms with Gasteiger partial charge in [0, 0.05) is 36.3 Å². The number of halogens is 3. The molecule has 4 fully saturated rings. The van der Waals surface area contributed by atoms with Crippen LogP contribution < -0.4 is 15.0 Å². The molecule has 6 heterocycles. The highest BCUT2D eigenvalue weighted by molar-refractivity contribution is 5.90. The van der Waals surface area contributed by atoms with Crippen molar-refractivity contribution in [2.75, 3.05) is 31.6 Å². The molecule has 48 heavy (non-hydrogen) atoms. The van der Waals surface area contributed by atoms with Gasteiger partial charge in [0.2, 0.25) is 11.8 Å². The summed E-state index contributed by atoms with van der Waals surface area (Å²) >= 11 is 0. The number of methoxy groups -OCH3 is 1. The summed E-state index contributed by atoms with van der Waals surface area (Å²) in [6, 6.07) is 6.39. The minimum atomic E-state index is -4.56. The molecule has 4 aliphatic rings. The van der Waals surface area contributed by atoms with E-state index in [-0.39, 0.29) is 42.4 Å². The van der Waals surface area contributed by atoms with E-state index in [4.69, 9.17) is 9.72 Å². The van der Waals surface area contributed by atoms with Crippen LogP contribution in [0.3, 0.4) is 0 Å². The topological polar surface area (TPSA) is 127 Å². The minimum absolute atomic E-state index is 0.00649. The fourth-order valence-corrected chi connectivity index (χ4v) is 6.63. The highest BCUT2D eigenvalue weighted by Crippen LogP contribution is 2.45. The van der Waals surface area contributed by atoms with Crippen molar-refractivity contribution in [3.8, 4) is 28.7 Å². The normalized spacial score (nSPS) is 20.6. The Kier molecular flexibility index (Phi) is 8.48. The van der Waals surface area contributed by atoms with Crippen molar-refractivity contribution in [2.24, 2.45) is 5.92 Å². The number of nitrogens with one attached hydrogen (secondary N) is 1. The maximum Gasteiger partial charge on any atom is 0.434 e. The molecular formula is C33H37F3N10O2. The first kappa shape index (κ1) is 31.9. The van der Waals surface area contributed by atoms with E-state index in [1.807, 2.05) is 0 Å². The molecule has 15 heteroatoms. The predicted octanol–water partition coefficient (Wildman–Crippen LogP) is 5.49. The van der Waals surface area contributed by atoms with Crippen LogP contribution in [-0.4, -0.2) is 78.2 Å². The van der Waals surface area contributed by atoms with Gasteiger partial charge in [0.25, 0.3) is 0 Å². The monoisotopic (exact) mass is 662 g/mol. The minimum Gasteiger partial charge on any atom is -0.480 e. The number of anilines is 1. The third kappa shape index (κ3) is 6.42. The van der Waals surface area contributed by atoms with Crippen molar-refractivity contribution in [3.63, 3.8) is 0 Å². The largest absolute Gasteiger partial charge is 0.480 e. The van der Waals surface area contributed by atoms with Crippen molar-refractivity contribution in [1.82, 2.24) is 44.7 Å². The van der Waals surface area contributed by atoms with Crippen molar-refractivity contribution in [2.45, 2.75) is 70.3 Å². The Bertz CT molecular complexity index is 1780. The third-order valence-electron chi connectivity index (χ3n) is 9.37.